The maximum atomic E-state index is 12.1. The van der Waals surface area contributed by atoms with Crippen molar-refractivity contribution >= 4 is 45.7 Å². The number of hydrogen-bond donors (Lipinski definition) is 2. The zero-order valence-corrected chi connectivity index (χ0v) is 12.2. The number of nitrogens with zero attached hydrogens (tertiary/aromatic N) is 1. The van der Waals surface area contributed by atoms with E-state index in [-0.39, 0.29) is 17.1 Å². The minimum atomic E-state index is -0.236. The molecule has 0 saturated heterocycles. The summed E-state index contributed by atoms with van der Waals surface area (Å²) in [4.78, 5) is 28.7. The van der Waals surface area contributed by atoms with Gasteiger partial charge in [0.15, 0.2) is 5.13 Å². The second-order valence-corrected chi connectivity index (χ2v) is 6.53. The average Bonchev–Trinajstić information content (AvgIpc) is 2.92. The lowest BCUT2D eigenvalue weighted by molar-refractivity contribution is -0.115. The van der Waals surface area contributed by atoms with Crippen LogP contribution in [-0.4, -0.2) is 22.0 Å². The highest BCUT2D eigenvalue weighted by molar-refractivity contribution is 8.00. The summed E-state index contributed by atoms with van der Waals surface area (Å²) in [5.74, 6) is -0.277. The Balaban J connectivity index is 1.83. The zero-order valence-electron chi connectivity index (χ0n) is 10.5. The van der Waals surface area contributed by atoms with Crippen LogP contribution in [0.4, 0.5) is 10.8 Å². The van der Waals surface area contributed by atoms with Crippen molar-refractivity contribution in [2.45, 2.75) is 17.1 Å². The number of carbonyl (C=O) groups is 2. The largest absolute Gasteiger partial charge is 0.324 e. The van der Waals surface area contributed by atoms with Gasteiger partial charge in [-0.25, -0.2) is 4.98 Å². The van der Waals surface area contributed by atoms with Gasteiger partial charge in [-0.3, -0.25) is 14.9 Å². The number of carbonyl (C=O) groups excluding carboxylic acids is 2. The van der Waals surface area contributed by atoms with Gasteiger partial charge in [-0.2, -0.15) is 0 Å². The maximum absolute atomic E-state index is 12.1. The molecule has 5 nitrogen and oxygen atoms in total. The first kappa shape index (κ1) is 13.1. The molecule has 2 N–H and O–H groups in total. The Hall–Kier alpha value is -1.86. The van der Waals surface area contributed by atoms with Crippen molar-refractivity contribution in [3.63, 3.8) is 0 Å². The van der Waals surface area contributed by atoms with Gasteiger partial charge in [-0.05, 0) is 25.1 Å². The number of hydrogen-bond acceptors (Lipinski definition) is 5. The summed E-state index contributed by atoms with van der Waals surface area (Å²) in [6, 6.07) is 5.29. The van der Waals surface area contributed by atoms with Crippen molar-refractivity contribution < 1.29 is 9.59 Å². The molecule has 2 amide bonds. The molecule has 0 aliphatic carbocycles. The van der Waals surface area contributed by atoms with Gasteiger partial charge < -0.3 is 5.32 Å². The fourth-order valence-corrected chi connectivity index (χ4v) is 3.26. The smallest absolute Gasteiger partial charge is 0.257 e. The van der Waals surface area contributed by atoms with Crippen LogP contribution >= 0.6 is 23.1 Å². The fraction of sp³-hybridized carbons (Fsp3) is 0.154. The average molecular weight is 305 g/mol. The Labute approximate surface area is 123 Å². The van der Waals surface area contributed by atoms with E-state index in [4.69, 9.17) is 0 Å². The Morgan fingerprint density at radius 3 is 3.05 bits per heavy atom. The third kappa shape index (κ3) is 2.54. The zero-order chi connectivity index (χ0) is 14.1. The molecule has 20 heavy (non-hydrogen) atoms. The maximum Gasteiger partial charge on any atom is 0.257 e. The molecule has 2 aromatic rings. The molecule has 1 aliphatic rings. The van der Waals surface area contributed by atoms with Crippen LogP contribution in [0.15, 0.2) is 34.7 Å². The SMILES string of the molecule is CC1Sc2ccc(C(=O)Nc3nccs3)cc2NC1=O. The first-order chi connectivity index (χ1) is 9.63. The molecule has 0 bridgehead atoms. The first-order valence-electron chi connectivity index (χ1n) is 5.96. The van der Waals surface area contributed by atoms with E-state index < -0.39 is 0 Å². The third-order valence-electron chi connectivity index (χ3n) is 2.83. The predicted octanol–water partition coefficient (Wildman–Crippen LogP) is 2.83. The quantitative estimate of drug-likeness (QED) is 0.895. The van der Waals surface area contributed by atoms with Gasteiger partial charge in [-0.1, -0.05) is 0 Å². The van der Waals surface area contributed by atoms with Gasteiger partial charge in [0.2, 0.25) is 5.91 Å². The van der Waals surface area contributed by atoms with Crippen molar-refractivity contribution in [3.8, 4) is 0 Å². The van der Waals surface area contributed by atoms with E-state index in [2.05, 4.69) is 15.6 Å². The van der Waals surface area contributed by atoms with Crippen LogP contribution in [0.1, 0.15) is 17.3 Å². The number of anilines is 2. The Morgan fingerprint density at radius 1 is 1.45 bits per heavy atom. The Kier molecular flexibility index (Phi) is 3.45. The van der Waals surface area contributed by atoms with Gasteiger partial charge in [0.05, 0.1) is 10.9 Å². The molecule has 1 aliphatic heterocycles. The van der Waals surface area contributed by atoms with E-state index in [0.717, 1.165) is 4.90 Å². The second kappa shape index (κ2) is 5.26. The lowest BCUT2D eigenvalue weighted by Gasteiger charge is -2.21. The molecule has 1 unspecified atom stereocenters. The number of benzene rings is 1. The standard InChI is InChI=1S/C13H11N3O2S2/c1-7-11(17)15-9-6-8(2-3-10(9)20-7)12(18)16-13-14-4-5-19-13/h2-7H,1H3,(H,15,17)(H,14,16,18). The summed E-state index contributed by atoms with van der Waals surface area (Å²) in [6.07, 6.45) is 1.63. The Bertz CT molecular complexity index is 670. The van der Waals surface area contributed by atoms with Crippen LogP contribution in [-0.2, 0) is 4.79 Å². The third-order valence-corrected chi connectivity index (χ3v) is 4.69. The molecule has 1 aromatic carbocycles. The predicted molar refractivity (Wildman–Crippen MR) is 80.5 cm³/mol. The highest BCUT2D eigenvalue weighted by Gasteiger charge is 2.23. The molecule has 0 radical (unpaired) electrons. The van der Waals surface area contributed by atoms with E-state index in [1.807, 2.05) is 13.0 Å². The number of amides is 2. The minimum absolute atomic E-state index is 0.0417. The van der Waals surface area contributed by atoms with E-state index in [9.17, 15) is 9.59 Å². The van der Waals surface area contributed by atoms with Crippen LogP contribution < -0.4 is 10.6 Å². The molecule has 0 saturated carbocycles. The number of thiazole rings is 1. The lowest BCUT2D eigenvalue weighted by atomic mass is 10.2. The molecule has 3 rings (SSSR count). The number of fused-ring (bicyclic) bond motifs is 1. The van der Waals surface area contributed by atoms with E-state index in [0.29, 0.717) is 16.4 Å². The second-order valence-electron chi connectivity index (χ2n) is 4.25. The number of rotatable bonds is 2. The summed E-state index contributed by atoms with van der Waals surface area (Å²) >= 11 is 2.85. The molecule has 0 fully saturated rings. The minimum Gasteiger partial charge on any atom is -0.324 e. The lowest BCUT2D eigenvalue weighted by Crippen LogP contribution is -2.26. The summed E-state index contributed by atoms with van der Waals surface area (Å²) in [7, 11) is 0. The number of nitrogens with one attached hydrogen (secondary N) is 2. The van der Waals surface area contributed by atoms with Crippen molar-refractivity contribution in [3.05, 3.63) is 35.3 Å². The molecule has 1 aromatic heterocycles. The number of thioether (sulfide) groups is 1. The topological polar surface area (TPSA) is 71.1 Å². The monoisotopic (exact) mass is 305 g/mol. The van der Waals surface area contributed by atoms with Crippen LogP contribution in [0, 0.1) is 0 Å². The summed E-state index contributed by atoms with van der Waals surface area (Å²) in [5.41, 5.74) is 1.18. The van der Waals surface area contributed by atoms with Crippen molar-refractivity contribution in [1.82, 2.24) is 4.98 Å². The van der Waals surface area contributed by atoms with E-state index in [1.54, 1.807) is 23.7 Å². The van der Waals surface area contributed by atoms with Crippen LogP contribution in [0.3, 0.4) is 0 Å². The van der Waals surface area contributed by atoms with Gasteiger partial charge in [0.1, 0.15) is 0 Å². The van der Waals surface area contributed by atoms with Crippen LogP contribution in [0.25, 0.3) is 0 Å². The highest BCUT2D eigenvalue weighted by Crippen LogP contribution is 2.36. The fourth-order valence-electron chi connectivity index (χ4n) is 1.80. The summed E-state index contributed by atoms with van der Waals surface area (Å²) < 4.78 is 0. The van der Waals surface area contributed by atoms with Gasteiger partial charge in [-0.15, -0.1) is 23.1 Å². The van der Waals surface area contributed by atoms with Crippen molar-refractivity contribution in [2.24, 2.45) is 0 Å². The first-order valence-corrected chi connectivity index (χ1v) is 7.72. The molecular weight excluding hydrogens is 294 g/mol. The van der Waals surface area contributed by atoms with Crippen molar-refractivity contribution in [1.29, 1.82) is 0 Å². The van der Waals surface area contributed by atoms with Crippen molar-refractivity contribution in [2.75, 3.05) is 10.6 Å². The van der Waals surface area contributed by atoms with Gasteiger partial charge >= 0.3 is 0 Å². The molecule has 1 atom stereocenters. The summed E-state index contributed by atoms with van der Waals surface area (Å²) in [6.45, 7) is 1.85. The van der Waals surface area contributed by atoms with Crippen LogP contribution in [0.2, 0.25) is 0 Å². The van der Waals surface area contributed by atoms with E-state index in [1.165, 1.54) is 23.1 Å². The number of aromatic nitrogens is 1. The van der Waals surface area contributed by atoms with Crippen LogP contribution in [0.5, 0.6) is 0 Å². The molecule has 0 spiro atoms. The molecule has 102 valence electrons. The molecule has 7 heteroatoms. The highest BCUT2D eigenvalue weighted by atomic mass is 32.2. The molecule has 2 heterocycles. The van der Waals surface area contributed by atoms with Gasteiger partial charge in [0, 0.05) is 22.0 Å². The van der Waals surface area contributed by atoms with Gasteiger partial charge in [0.25, 0.3) is 5.91 Å². The van der Waals surface area contributed by atoms with E-state index >= 15 is 0 Å². The summed E-state index contributed by atoms with van der Waals surface area (Å²) in [5, 5.41) is 7.76. The molecular formula is C13H11N3O2S2. The normalized spacial score (nSPS) is 17.2. The Morgan fingerprint density at radius 2 is 2.30 bits per heavy atom.